The lowest BCUT2D eigenvalue weighted by Crippen LogP contribution is -2.38. The largest absolute Gasteiger partial charge is 0.464 e. The van der Waals surface area contributed by atoms with Crippen LogP contribution >= 0.6 is 7.75 Å². The molecule has 1 spiro atoms. The Kier molecular flexibility index (Phi) is 8.02. The molecule has 2 fully saturated rings. The number of hydrogen-bond acceptors (Lipinski definition) is 9. The van der Waals surface area contributed by atoms with Crippen molar-refractivity contribution in [3.05, 3.63) is 63.4 Å². The number of ether oxygens (including phenoxy) is 2. The van der Waals surface area contributed by atoms with Gasteiger partial charge in [0.15, 0.2) is 0 Å². The van der Waals surface area contributed by atoms with Gasteiger partial charge in [0.1, 0.15) is 24.1 Å². The van der Waals surface area contributed by atoms with E-state index in [1.165, 1.54) is 23.8 Å². The van der Waals surface area contributed by atoms with Crippen LogP contribution in [0.1, 0.15) is 46.8 Å². The van der Waals surface area contributed by atoms with Crippen molar-refractivity contribution in [1.29, 1.82) is 0 Å². The average Bonchev–Trinajstić information content (AvgIpc) is 3.60. The highest BCUT2D eigenvalue weighted by Crippen LogP contribution is 2.62. The van der Waals surface area contributed by atoms with E-state index in [9.17, 15) is 24.1 Å². The molecule has 13 heteroatoms. The lowest BCUT2D eigenvalue weighted by Gasteiger charge is -2.25. The lowest BCUT2D eigenvalue weighted by atomic mass is 9.96. The van der Waals surface area contributed by atoms with Gasteiger partial charge in [0.2, 0.25) is 0 Å². The van der Waals surface area contributed by atoms with E-state index in [0.717, 1.165) is 0 Å². The summed E-state index contributed by atoms with van der Waals surface area (Å²) in [6, 6.07) is 8.46. The zero-order chi connectivity index (χ0) is 27.7. The summed E-state index contributed by atoms with van der Waals surface area (Å²) in [7, 11) is -4.18. The van der Waals surface area contributed by atoms with E-state index in [0.29, 0.717) is 12.8 Å². The molecule has 0 radical (unpaired) electrons. The van der Waals surface area contributed by atoms with Gasteiger partial charge in [0, 0.05) is 17.7 Å². The molecule has 5 atom stereocenters. The van der Waals surface area contributed by atoms with Gasteiger partial charge in [0.05, 0.1) is 19.3 Å². The van der Waals surface area contributed by atoms with Gasteiger partial charge < -0.3 is 19.1 Å². The van der Waals surface area contributed by atoms with E-state index < -0.39 is 54.9 Å². The number of rotatable bonds is 10. The smallest absolute Gasteiger partial charge is 0.459 e. The van der Waals surface area contributed by atoms with Crippen LogP contribution < -0.4 is 20.9 Å². The number of aromatic amines is 1. The van der Waals surface area contributed by atoms with Crippen LogP contribution in [0.5, 0.6) is 5.75 Å². The highest BCUT2D eigenvalue weighted by molar-refractivity contribution is 7.52. The minimum absolute atomic E-state index is 0.165. The van der Waals surface area contributed by atoms with Gasteiger partial charge >= 0.3 is 19.4 Å². The molecule has 1 aliphatic carbocycles. The van der Waals surface area contributed by atoms with Crippen LogP contribution in [0, 0.1) is 10.8 Å². The first-order valence-electron chi connectivity index (χ1n) is 12.4. The molecule has 0 bridgehead atoms. The van der Waals surface area contributed by atoms with Crippen molar-refractivity contribution in [2.24, 2.45) is 10.8 Å². The van der Waals surface area contributed by atoms with Crippen LogP contribution in [-0.4, -0.2) is 52.1 Å². The Labute approximate surface area is 219 Å². The molecule has 5 unspecified atom stereocenters. The van der Waals surface area contributed by atoms with Crippen molar-refractivity contribution >= 4 is 13.7 Å². The topological polar surface area (TPSA) is 158 Å². The van der Waals surface area contributed by atoms with Crippen LogP contribution in [0.25, 0.3) is 0 Å². The predicted molar refractivity (Wildman–Crippen MR) is 137 cm³/mol. The van der Waals surface area contributed by atoms with Crippen molar-refractivity contribution < 1.29 is 33.0 Å². The fourth-order valence-electron chi connectivity index (χ4n) is 4.25. The third kappa shape index (κ3) is 6.44. The van der Waals surface area contributed by atoms with Gasteiger partial charge in [-0.15, -0.1) is 0 Å². The molecule has 2 heterocycles. The molecule has 1 aliphatic heterocycles. The highest BCUT2D eigenvalue weighted by Gasteiger charge is 2.64. The number of aromatic nitrogens is 2. The van der Waals surface area contributed by atoms with Crippen molar-refractivity contribution in [2.45, 2.75) is 65.0 Å². The number of nitrogens with zero attached hydrogens (tertiary/aromatic N) is 1. The van der Waals surface area contributed by atoms with Crippen LogP contribution in [0.4, 0.5) is 0 Å². The molecule has 1 saturated heterocycles. The molecule has 1 saturated carbocycles. The van der Waals surface area contributed by atoms with E-state index in [1.807, 2.05) is 20.8 Å². The number of hydrogen-bond donors (Lipinski definition) is 3. The molecule has 2 aromatic rings. The maximum absolute atomic E-state index is 13.8. The second-order valence-electron chi connectivity index (χ2n) is 10.9. The minimum Gasteiger partial charge on any atom is -0.464 e. The quantitative estimate of drug-likeness (QED) is 0.296. The summed E-state index contributed by atoms with van der Waals surface area (Å²) in [5, 5.41) is 13.7. The number of para-hydroxylation sites is 1. The Morgan fingerprint density at radius 2 is 1.95 bits per heavy atom. The fourth-order valence-corrected chi connectivity index (χ4v) is 5.75. The number of esters is 1. The normalized spacial score (nSPS) is 24.5. The number of H-pyrrole nitrogens is 1. The molecule has 2 aliphatic rings. The average molecular weight is 552 g/mol. The molecule has 0 amide bonds. The third-order valence-corrected chi connectivity index (χ3v) is 8.04. The predicted octanol–water partition coefficient (Wildman–Crippen LogP) is 2.35. The molecule has 1 aromatic heterocycles. The van der Waals surface area contributed by atoms with Gasteiger partial charge in [-0.05, 0) is 37.3 Å². The van der Waals surface area contributed by atoms with E-state index in [4.69, 9.17) is 18.5 Å². The Bertz CT molecular complexity index is 1300. The summed E-state index contributed by atoms with van der Waals surface area (Å²) in [4.78, 5) is 38.6. The van der Waals surface area contributed by atoms with Gasteiger partial charge in [0.25, 0.3) is 5.56 Å². The summed E-state index contributed by atoms with van der Waals surface area (Å²) in [5.74, 6) is -0.394. The van der Waals surface area contributed by atoms with E-state index in [2.05, 4.69) is 10.1 Å². The summed E-state index contributed by atoms with van der Waals surface area (Å²) >= 11 is 0. The second-order valence-corrected chi connectivity index (χ2v) is 12.6. The third-order valence-electron chi connectivity index (χ3n) is 6.40. The van der Waals surface area contributed by atoms with Gasteiger partial charge in [-0.2, -0.15) is 5.09 Å². The first-order valence-corrected chi connectivity index (χ1v) is 13.9. The van der Waals surface area contributed by atoms with Crippen molar-refractivity contribution in [3.8, 4) is 5.75 Å². The molecule has 208 valence electrons. The SMILES string of the molecule is CC(NP(=O)(OCC1OC(n2ccc(=O)[nH]c2=O)C2(CC2)C1O)Oc1ccccc1)C(=O)OCC(C)(C)C. The molecular formula is C25H34N3O9P. The maximum atomic E-state index is 13.8. The zero-order valence-corrected chi connectivity index (χ0v) is 22.7. The van der Waals surface area contributed by atoms with Crippen LogP contribution in [0.15, 0.2) is 52.2 Å². The molecule has 4 rings (SSSR count). The Morgan fingerprint density at radius 3 is 2.55 bits per heavy atom. The number of benzene rings is 1. The summed E-state index contributed by atoms with van der Waals surface area (Å²) in [6.07, 6.45) is -0.339. The molecule has 3 N–H and O–H groups in total. The van der Waals surface area contributed by atoms with Crippen LogP contribution in [0.2, 0.25) is 0 Å². The standard InChI is InChI=1S/C25H34N3O9P/c1-16(21(31)34-15-24(2,3)4)27-38(33,37-17-8-6-5-7-9-17)35-14-18-20(30)25(11-12-25)22(36-18)28-13-10-19(29)26-23(28)32/h5-10,13,16,18,20,22,30H,11-12,14-15H2,1-4H3,(H,27,33)(H,26,29,32). The molecular weight excluding hydrogens is 517 g/mol. The molecule has 38 heavy (non-hydrogen) atoms. The Balaban J connectivity index is 1.49. The van der Waals surface area contributed by atoms with Gasteiger partial charge in [-0.1, -0.05) is 39.0 Å². The van der Waals surface area contributed by atoms with Crippen molar-refractivity contribution in [2.75, 3.05) is 13.2 Å². The fraction of sp³-hybridized carbons (Fsp3) is 0.560. The van der Waals surface area contributed by atoms with Crippen LogP contribution in [0.3, 0.4) is 0 Å². The van der Waals surface area contributed by atoms with Crippen molar-refractivity contribution in [3.63, 3.8) is 0 Å². The lowest BCUT2D eigenvalue weighted by molar-refractivity contribution is -0.148. The van der Waals surface area contributed by atoms with Gasteiger partial charge in [-0.25, -0.2) is 9.36 Å². The Hall–Kier alpha value is -2.76. The number of aliphatic hydroxyl groups is 1. The van der Waals surface area contributed by atoms with Crippen molar-refractivity contribution in [1.82, 2.24) is 14.6 Å². The summed E-state index contributed by atoms with van der Waals surface area (Å²) < 4.78 is 37.7. The number of aliphatic hydroxyl groups excluding tert-OH is 1. The Morgan fingerprint density at radius 1 is 1.26 bits per heavy atom. The summed E-state index contributed by atoms with van der Waals surface area (Å²) in [5.41, 5.74) is -2.20. The highest BCUT2D eigenvalue weighted by atomic mass is 31.2. The monoisotopic (exact) mass is 551 g/mol. The first-order chi connectivity index (χ1) is 17.8. The number of nitrogens with one attached hydrogen (secondary N) is 2. The molecule has 1 aromatic carbocycles. The van der Waals surface area contributed by atoms with E-state index in [-0.39, 0.29) is 24.4 Å². The molecule has 12 nitrogen and oxygen atoms in total. The number of carbonyl (C=O) groups is 1. The summed E-state index contributed by atoms with van der Waals surface area (Å²) in [6.45, 7) is 7.03. The first kappa shape index (κ1) is 28.3. The van der Waals surface area contributed by atoms with E-state index in [1.54, 1.807) is 30.3 Å². The zero-order valence-electron chi connectivity index (χ0n) is 21.8. The number of carbonyl (C=O) groups excluding carboxylic acids is 1. The van der Waals surface area contributed by atoms with Gasteiger partial charge in [-0.3, -0.25) is 23.7 Å². The van der Waals surface area contributed by atoms with Crippen LogP contribution in [-0.2, 0) is 23.4 Å². The minimum atomic E-state index is -4.18. The maximum Gasteiger partial charge on any atom is 0.459 e. The van der Waals surface area contributed by atoms with E-state index >= 15 is 0 Å². The second kappa shape index (κ2) is 10.8.